The fourth-order valence-corrected chi connectivity index (χ4v) is 3.04. The van der Waals surface area contributed by atoms with E-state index in [-0.39, 0.29) is 11.6 Å². The lowest BCUT2D eigenvalue weighted by molar-refractivity contribution is -0.385. The molecule has 0 aliphatic heterocycles. The molecule has 2 unspecified atom stereocenters. The van der Waals surface area contributed by atoms with Crippen LogP contribution in [0.1, 0.15) is 36.5 Å². The molecule has 1 saturated carbocycles. The van der Waals surface area contributed by atoms with Crippen molar-refractivity contribution < 1.29 is 9.72 Å². The van der Waals surface area contributed by atoms with Crippen molar-refractivity contribution in [3.05, 3.63) is 38.3 Å². The summed E-state index contributed by atoms with van der Waals surface area (Å²) in [7, 11) is 0. The molecule has 1 N–H and O–H groups in total. The Balaban J connectivity index is 2.02. The van der Waals surface area contributed by atoms with Crippen LogP contribution in [-0.2, 0) is 0 Å². The molecule has 0 radical (unpaired) electrons. The minimum absolute atomic E-state index is 0.0908. The van der Waals surface area contributed by atoms with Gasteiger partial charge in [0.2, 0.25) is 0 Å². The van der Waals surface area contributed by atoms with Crippen molar-refractivity contribution in [2.75, 3.05) is 6.54 Å². The van der Waals surface area contributed by atoms with Crippen LogP contribution in [-0.4, -0.2) is 17.4 Å². The highest BCUT2D eigenvalue weighted by atomic mass is 79.9. The van der Waals surface area contributed by atoms with Crippen molar-refractivity contribution in [3.8, 4) is 0 Å². The first-order chi connectivity index (χ1) is 9.49. The van der Waals surface area contributed by atoms with Gasteiger partial charge in [-0.1, -0.05) is 19.8 Å². The smallest absolute Gasteiger partial charge is 0.284 e. The lowest BCUT2D eigenvalue weighted by atomic mass is 9.98. The molecule has 0 saturated heterocycles. The summed E-state index contributed by atoms with van der Waals surface area (Å²) in [5.74, 6) is 0.902. The predicted molar refractivity (Wildman–Crippen MR) is 79.6 cm³/mol. The van der Waals surface area contributed by atoms with Gasteiger partial charge in [0.15, 0.2) is 0 Å². The van der Waals surface area contributed by atoms with Crippen LogP contribution in [0.15, 0.2) is 22.7 Å². The Bertz CT molecular complexity index is 533. The number of nitrogens with one attached hydrogen (secondary N) is 1. The van der Waals surface area contributed by atoms with E-state index in [1.54, 1.807) is 6.07 Å². The Morgan fingerprint density at radius 2 is 2.25 bits per heavy atom. The number of hydrogen-bond donors (Lipinski definition) is 1. The first-order valence-corrected chi connectivity index (χ1v) is 7.50. The van der Waals surface area contributed by atoms with Crippen molar-refractivity contribution in [1.29, 1.82) is 0 Å². The number of halogens is 1. The fourth-order valence-electron chi connectivity index (χ4n) is 2.65. The maximum Gasteiger partial charge on any atom is 0.284 e. The van der Waals surface area contributed by atoms with Crippen LogP contribution in [0.4, 0.5) is 5.69 Å². The standard InChI is InChI=1S/C14H17BrN2O3/c1-9-3-2-4-11(9)8-16-14(18)10-5-6-12(15)13(7-10)17(19)20/h5-7,9,11H,2-4,8H2,1H3,(H,16,18). The predicted octanol–water partition coefficient (Wildman–Crippen LogP) is 3.52. The van der Waals surface area contributed by atoms with Gasteiger partial charge in [-0.05, 0) is 46.3 Å². The maximum absolute atomic E-state index is 12.0. The molecule has 20 heavy (non-hydrogen) atoms. The second kappa shape index (κ2) is 6.35. The average molecular weight is 341 g/mol. The molecule has 0 spiro atoms. The van der Waals surface area contributed by atoms with E-state index in [1.807, 2.05) is 0 Å². The lowest BCUT2D eigenvalue weighted by Crippen LogP contribution is -2.30. The summed E-state index contributed by atoms with van der Waals surface area (Å²) in [4.78, 5) is 22.4. The van der Waals surface area contributed by atoms with E-state index in [1.165, 1.54) is 25.0 Å². The molecule has 0 heterocycles. The lowest BCUT2D eigenvalue weighted by Gasteiger charge is -2.15. The first kappa shape index (κ1) is 15.0. The molecule has 2 atom stereocenters. The van der Waals surface area contributed by atoms with Gasteiger partial charge in [-0.25, -0.2) is 0 Å². The topological polar surface area (TPSA) is 72.2 Å². The number of nitro groups is 1. The number of carbonyl (C=O) groups excluding carboxylic acids is 1. The highest BCUT2D eigenvalue weighted by Crippen LogP contribution is 2.30. The zero-order chi connectivity index (χ0) is 14.7. The quantitative estimate of drug-likeness (QED) is 0.673. The average Bonchev–Trinajstić information content (AvgIpc) is 2.81. The van der Waals surface area contributed by atoms with Crippen LogP contribution >= 0.6 is 15.9 Å². The van der Waals surface area contributed by atoms with E-state index in [0.29, 0.717) is 28.4 Å². The van der Waals surface area contributed by atoms with Gasteiger partial charge < -0.3 is 5.32 Å². The number of carbonyl (C=O) groups is 1. The summed E-state index contributed by atoms with van der Waals surface area (Å²) in [5.41, 5.74) is 0.234. The Morgan fingerprint density at radius 3 is 2.85 bits per heavy atom. The van der Waals surface area contributed by atoms with Gasteiger partial charge in [-0.15, -0.1) is 0 Å². The van der Waals surface area contributed by atoms with Crippen LogP contribution < -0.4 is 5.32 Å². The third kappa shape index (κ3) is 3.36. The summed E-state index contributed by atoms with van der Waals surface area (Å²) >= 11 is 3.11. The van der Waals surface area contributed by atoms with E-state index in [2.05, 4.69) is 28.2 Å². The minimum atomic E-state index is -0.500. The second-order valence-electron chi connectivity index (χ2n) is 5.30. The summed E-state index contributed by atoms with van der Waals surface area (Å²) < 4.78 is 0.378. The van der Waals surface area contributed by atoms with Crippen LogP contribution in [0.25, 0.3) is 0 Å². The molecule has 1 aromatic rings. The third-order valence-electron chi connectivity index (χ3n) is 3.97. The number of hydrogen-bond acceptors (Lipinski definition) is 3. The van der Waals surface area contributed by atoms with E-state index in [4.69, 9.17) is 0 Å². The SMILES string of the molecule is CC1CCCC1CNC(=O)c1ccc(Br)c([N+](=O)[O-])c1. The molecule has 0 aromatic heterocycles. The molecular weight excluding hydrogens is 324 g/mol. The number of amides is 1. The molecule has 1 aromatic carbocycles. The maximum atomic E-state index is 12.0. The van der Waals surface area contributed by atoms with E-state index in [9.17, 15) is 14.9 Å². The molecule has 1 aliphatic carbocycles. The monoisotopic (exact) mass is 340 g/mol. The molecule has 1 aliphatic rings. The van der Waals surface area contributed by atoms with Crippen LogP contribution in [0, 0.1) is 22.0 Å². The van der Waals surface area contributed by atoms with Gasteiger partial charge in [0, 0.05) is 18.2 Å². The summed E-state index contributed by atoms with van der Waals surface area (Å²) in [6, 6.07) is 4.42. The van der Waals surface area contributed by atoms with Gasteiger partial charge in [0.25, 0.3) is 11.6 Å². The van der Waals surface area contributed by atoms with Gasteiger partial charge in [0.1, 0.15) is 0 Å². The molecule has 1 fully saturated rings. The van der Waals surface area contributed by atoms with Gasteiger partial charge in [0.05, 0.1) is 9.40 Å². The first-order valence-electron chi connectivity index (χ1n) is 6.71. The summed E-state index contributed by atoms with van der Waals surface area (Å²) in [5, 5.41) is 13.7. The Kier molecular flexibility index (Phi) is 4.75. The van der Waals surface area contributed by atoms with Gasteiger partial charge in [-0.3, -0.25) is 14.9 Å². The number of nitrogens with zero attached hydrogens (tertiary/aromatic N) is 1. The van der Waals surface area contributed by atoms with E-state index < -0.39 is 4.92 Å². The summed E-state index contributed by atoms with van der Waals surface area (Å²) in [6.07, 6.45) is 3.57. The van der Waals surface area contributed by atoms with E-state index >= 15 is 0 Å². The van der Waals surface area contributed by atoms with Gasteiger partial charge >= 0.3 is 0 Å². The highest BCUT2D eigenvalue weighted by molar-refractivity contribution is 9.10. The largest absolute Gasteiger partial charge is 0.352 e. The van der Waals surface area contributed by atoms with Crippen molar-refractivity contribution in [3.63, 3.8) is 0 Å². The molecule has 6 heteroatoms. The van der Waals surface area contributed by atoms with Crippen molar-refractivity contribution >= 4 is 27.5 Å². The molecule has 108 valence electrons. The molecule has 0 bridgehead atoms. The zero-order valence-electron chi connectivity index (χ0n) is 11.3. The van der Waals surface area contributed by atoms with E-state index in [0.717, 1.165) is 6.42 Å². The van der Waals surface area contributed by atoms with Crippen LogP contribution in [0.2, 0.25) is 0 Å². The molecular formula is C14H17BrN2O3. The Hall–Kier alpha value is -1.43. The number of rotatable bonds is 4. The molecule has 1 amide bonds. The van der Waals surface area contributed by atoms with Crippen molar-refractivity contribution in [2.45, 2.75) is 26.2 Å². The third-order valence-corrected chi connectivity index (χ3v) is 4.64. The van der Waals surface area contributed by atoms with Crippen molar-refractivity contribution in [1.82, 2.24) is 5.32 Å². The Morgan fingerprint density at radius 1 is 1.50 bits per heavy atom. The van der Waals surface area contributed by atoms with Crippen LogP contribution in [0.5, 0.6) is 0 Å². The minimum Gasteiger partial charge on any atom is -0.352 e. The number of benzene rings is 1. The molecule has 2 rings (SSSR count). The van der Waals surface area contributed by atoms with Crippen LogP contribution in [0.3, 0.4) is 0 Å². The van der Waals surface area contributed by atoms with Gasteiger partial charge in [-0.2, -0.15) is 0 Å². The highest BCUT2D eigenvalue weighted by Gasteiger charge is 2.24. The zero-order valence-corrected chi connectivity index (χ0v) is 12.9. The van der Waals surface area contributed by atoms with Crippen molar-refractivity contribution in [2.24, 2.45) is 11.8 Å². The Labute approximate surface area is 126 Å². The normalized spacial score (nSPS) is 21.7. The second-order valence-corrected chi connectivity index (χ2v) is 6.16. The molecule has 5 nitrogen and oxygen atoms in total. The number of nitro benzene ring substituents is 1. The summed E-state index contributed by atoms with van der Waals surface area (Å²) in [6.45, 7) is 2.85. The fraction of sp³-hybridized carbons (Fsp3) is 0.500.